The third-order valence-corrected chi connectivity index (χ3v) is 4.84. The highest BCUT2D eigenvalue weighted by molar-refractivity contribution is 7.92. The standard InChI is InChI=1S/C12H19FN2O4S2/c1-12(2,3)6-7-20(16,17)15-11-8-9(21(14,18)19)4-5-10(11)13/h4-5,8,15H,6-7H2,1-3H3,(H2,14,18,19). The number of rotatable bonds is 5. The second kappa shape index (κ2) is 5.90. The number of anilines is 1. The smallest absolute Gasteiger partial charge is 0.238 e. The highest BCUT2D eigenvalue weighted by atomic mass is 32.2. The summed E-state index contributed by atoms with van der Waals surface area (Å²) in [6.07, 6.45) is 0.374. The van der Waals surface area contributed by atoms with Crippen molar-refractivity contribution >= 4 is 25.7 Å². The predicted octanol–water partition coefficient (Wildman–Crippen LogP) is 1.65. The third kappa shape index (κ3) is 5.98. The van der Waals surface area contributed by atoms with Crippen LogP contribution in [0.1, 0.15) is 27.2 Å². The molecule has 6 nitrogen and oxygen atoms in total. The minimum atomic E-state index is -4.03. The molecule has 120 valence electrons. The molecular weight excluding hydrogens is 319 g/mol. The van der Waals surface area contributed by atoms with E-state index >= 15 is 0 Å². The van der Waals surface area contributed by atoms with Crippen LogP contribution in [0.25, 0.3) is 0 Å². The van der Waals surface area contributed by atoms with Crippen molar-refractivity contribution in [2.45, 2.75) is 32.1 Å². The average Bonchev–Trinajstić information content (AvgIpc) is 2.27. The van der Waals surface area contributed by atoms with Crippen molar-refractivity contribution in [3.8, 4) is 0 Å². The molecule has 0 aliphatic carbocycles. The largest absolute Gasteiger partial charge is 0.281 e. The zero-order chi connectivity index (χ0) is 16.5. The van der Waals surface area contributed by atoms with Crippen molar-refractivity contribution < 1.29 is 21.2 Å². The number of sulfonamides is 2. The lowest BCUT2D eigenvalue weighted by atomic mass is 9.94. The van der Waals surface area contributed by atoms with Crippen LogP contribution in [-0.4, -0.2) is 22.6 Å². The maximum atomic E-state index is 13.6. The Kier molecular flexibility index (Phi) is 5.01. The Labute approximate surface area is 124 Å². The van der Waals surface area contributed by atoms with Crippen molar-refractivity contribution in [2.75, 3.05) is 10.5 Å². The maximum Gasteiger partial charge on any atom is 0.238 e. The number of halogens is 1. The van der Waals surface area contributed by atoms with Gasteiger partial charge in [0.15, 0.2) is 0 Å². The Morgan fingerprint density at radius 1 is 1.19 bits per heavy atom. The van der Waals surface area contributed by atoms with E-state index < -0.39 is 31.6 Å². The molecule has 3 N–H and O–H groups in total. The number of benzene rings is 1. The number of nitrogens with one attached hydrogen (secondary N) is 1. The molecule has 21 heavy (non-hydrogen) atoms. The van der Waals surface area contributed by atoms with Crippen molar-refractivity contribution in [3.05, 3.63) is 24.0 Å². The van der Waals surface area contributed by atoms with E-state index in [9.17, 15) is 21.2 Å². The van der Waals surface area contributed by atoms with E-state index in [2.05, 4.69) is 0 Å². The van der Waals surface area contributed by atoms with E-state index in [4.69, 9.17) is 5.14 Å². The van der Waals surface area contributed by atoms with Crippen LogP contribution in [0.15, 0.2) is 23.1 Å². The topological polar surface area (TPSA) is 106 Å². The van der Waals surface area contributed by atoms with E-state index in [-0.39, 0.29) is 16.1 Å². The first-order chi connectivity index (χ1) is 9.30. The molecule has 0 heterocycles. The maximum absolute atomic E-state index is 13.6. The van der Waals surface area contributed by atoms with Crippen molar-refractivity contribution in [1.82, 2.24) is 0 Å². The van der Waals surface area contributed by atoms with E-state index in [0.29, 0.717) is 6.42 Å². The van der Waals surface area contributed by atoms with Crippen LogP contribution < -0.4 is 9.86 Å². The Bertz CT molecular complexity index is 722. The zero-order valence-electron chi connectivity index (χ0n) is 12.1. The van der Waals surface area contributed by atoms with Crippen LogP contribution in [-0.2, 0) is 20.0 Å². The SMILES string of the molecule is CC(C)(C)CCS(=O)(=O)Nc1cc(S(N)(=O)=O)ccc1F. The molecule has 0 fully saturated rings. The third-order valence-electron chi connectivity index (χ3n) is 2.65. The molecule has 0 bridgehead atoms. The Hall–Kier alpha value is -1.19. The summed E-state index contributed by atoms with van der Waals surface area (Å²) in [6, 6.07) is 2.68. The molecule has 9 heteroatoms. The average molecular weight is 338 g/mol. The summed E-state index contributed by atoms with van der Waals surface area (Å²) in [4.78, 5) is -0.363. The fraction of sp³-hybridized carbons (Fsp3) is 0.500. The Morgan fingerprint density at radius 2 is 1.76 bits per heavy atom. The lowest BCUT2D eigenvalue weighted by Gasteiger charge is -2.18. The molecule has 0 saturated carbocycles. The van der Waals surface area contributed by atoms with Crippen molar-refractivity contribution in [2.24, 2.45) is 10.6 Å². The van der Waals surface area contributed by atoms with Gasteiger partial charge in [0.2, 0.25) is 20.0 Å². The van der Waals surface area contributed by atoms with Gasteiger partial charge in [0.1, 0.15) is 5.82 Å². The van der Waals surface area contributed by atoms with Gasteiger partial charge in [-0.15, -0.1) is 0 Å². The van der Waals surface area contributed by atoms with Gasteiger partial charge in [-0.3, -0.25) is 4.72 Å². The lowest BCUT2D eigenvalue weighted by Crippen LogP contribution is -2.22. The van der Waals surface area contributed by atoms with Gasteiger partial charge in [-0.1, -0.05) is 20.8 Å². The molecule has 0 saturated heterocycles. The fourth-order valence-corrected chi connectivity index (χ4v) is 3.43. The molecule has 1 aromatic rings. The Morgan fingerprint density at radius 3 is 2.24 bits per heavy atom. The van der Waals surface area contributed by atoms with Gasteiger partial charge in [0.05, 0.1) is 16.3 Å². The fourth-order valence-electron chi connectivity index (χ4n) is 1.42. The second-order valence-corrected chi connectivity index (χ2v) is 9.32. The van der Waals surface area contributed by atoms with Gasteiger partial charge in [-0.2, -0.15) is 0 Å². The first kappa shape index (κ1) is 17.9. The van der Waals surface area contributed by atoms with Gasteiger partial charge in [-0.05, 0) is 30.0 Å². The molecule has 0 unspecified atom stereocenters. The van der Waals surface area contributed by atoms with E-state index in [1.54, 1.807) is 0 Å². The predicted molar refractivity (Wildman–Crippen MR) is 79.3 cm³/mol. The molecular formula is C12H19FN2O4S2. The molecule has 1 rings (SSSR count). The minimum Gasteiger partial charge on any atom is -0.281 e. The van der Waals surface area contributed by atoms with Crippen molar-refractivity contribution in [3.63, 3.8) is 0 Å². The van der Waals surface area contributed by atoms with Gasteiger partial charge in [0, 0.05) is 0 Å². The molecule has 1 aromatic carbocycles. The van der Waals surface area contributed by atoms with E-state index in [0.717, 1.165) is 18.2 Å². The van der Waals surface area contributed by atoms with Crippen LogP contribution in [0, 0.1) is 11.2 Å². The zero-order valence-corrected chi connectivity index (χ0v) is 13.7. The Balaban J connectivity index is 3.02. The quantitative estimate of drug-likeness (QED) is 0.851. The van der Waals surface area contributed by atoms with E-state index in [1.165, 1.54) is 0 Å². The van der Waals surface area contributed by atoms with Crippen molar-refractivity contribution in [1.29, 1.82) is 0 Å². The van der Waals surface area contributed by atoms with Gasteiger partial charge in [-0.25, -0.2) is 26.4 Å². The van der Waals surface area contributed by atoms with Crippen LogP contribution in [0.5, 0.6) is 0 Å². The summed E-state index contributed by atoms with van der Waals surface area (Å²) < 4.78 is 61.8. The number of primary sulfonamides is 1. The number of hydrogen-bond donors (Lipinski definition) is 2. The molecule has 0 aliphatic heterocycles. The molecule has 0 aliphatic rings. The van der Waals surface area contributed by atoms with Gasteiger partial charge in [0.25, 0.3) is 0 Å². The first-order valence-corrected chi connectivity index (χ1v) is 9.33. The second-order valence-electron chi connectivity index (χ2n) is 5.92. The summed E-state index contributed by atoms with van der Waals surface area (Å²) in [5.41, 5.74) is -0.633. The summed E-state index contributed by atoms with van der Waals surface area (Å²) in [7, 11) is -7.81. The monoisotopic (exact) mass is 338 g/mol. The highest BCUT2D eigenvalue weighted by Gasteiger charge is 2.20. The van der Waals surface area contributed by atoms with Gasteiger partial charge < -0.3 is 0 Å². The molecule has 0 aromatic heterocycles. The van der Waals surface area contributed by atoms with Crippen LogP contribution in [0.3, 0.4) is 0 Å². The minimum absolute atomic E-state index is 0.199. The van der Waals surface area contributed by atoms with Crippen LogP contribution in [0.2, 0.25) is 0 Å². The number of nitrogens with two attached hydrogens (primary N) is 1. The van der Waals surface area contributed by atoms with E-state index in [1.807, 2.05) is 25.5 Å². The molecule has 0 radical (unpaired) electrons. The molecule has 0 amide bonds. The van der Waals surface area contributed by atoms with Gasteiger partial charge >= 0.3 is 0 Å². The summed E-state index contributed by atoms with van der Waals surface area (Å²) in [6.45, 7) is 5.64. The molecule has 0 spiro atoms. The summed E-state index contributed by atoms with van der Waals surface area (Å²) in [5.74, 6) is -1.07. The summed E-state index contributed by atoms with van der Waals surface area (Å²) >= 11 is 0. The van der Waals surface area contributed by atoms with Crippen LogP contribution in [0.4, 0.5) is 10.1 Å². The van der Waals surface area contributed by atoms with Crippen LogP contribution >= 0.6 is 0 Å². The highest BCUT2D eigenvalue weighted by Crippen LogP contribution is 2.23. The molecule has 0 atom stereocenters. The first-order valence-electron chi connectivity index (χ1n) is 6.13. The normalized spacial score (nSPS) is 13.2. The lowest BCUT2D eigenvalue weighted by molar-refractivity contribution is 0.397. The number of hydrogen-bond acceptors (Lipinski definition) is 4. The summed E-state index contributed by atoms with van der Waals surface area (Å²) in [5, 5.41) is 4.93.